The van der Waals surface area contributed by atoms with Crippen LogP contribution in [0.15, 0.2) is 0 Å². The second kappa shape index (κ2) is 16.3. The van der Waals surface area contributed by atoms with E-state index in [1.54, 1.807) is 0 Å². The van der Waals surface area contributed by atoms with Gasteiger partial charge in [0.15, 0.2) is 0 Å². The maximum atomic E-state index is 14.4. The van der Waals surface area contributed by atoms with Gasteiger partial charge in [0.05, 0.1) is 0 Å². The van der Waals surface area contributed by atoms with Crippen LogP contribution < -0.4 is 5.40 Å². The van der Waals surface area contributed by atoms with E-state index in [4.69, 9.17) is 5.40 Å². The fourth-order valence-electron chi connectivity index (χ4n) is 4.47. The van der Waals surface area contributed by atoms with Crippen molar-refractivity contribution in [3.8, 4) is 0 Å². The lowest BCUT2D eigenvalue weighted by Crippen LogP contribution is -2.70. The summed E-state index contributed by atoms with van der Waals surface area (Å²) < 4.78 is 525. The van der Waals surface area contributed by atoms with Crippen LogP contribution in [-0.4, -0.2) is 116 Å². The largest absolute Gasteiger partial charge is 0.460 e. The maximum absolute atomic E-state index is 14.4. The van der Waals surface area contributed by atoms with Gasteiger partial charge in [0.1, 0.15) is 8.24 Å². The van der Waals surface area contributed by atoms with Gasteiger partial charge in [-0.1, -0.05) is 0 Å². The summed E-state index contributed by atoms with van der Waals surface area (Å²) in [6, 6.07) is -10.2. The average molecular weight is 1090 g/mol. The fourth-order valence-corrected chi connectivity index (χ4v) is 7.66. The molecule has 2 N–H and O–H groups in total. The lowest BCUT2D eigenvalue weighted by Gasteiger charge is -2.42. The van der Waals surface area contributed by atoms with Crippen molar-refractivity contribution in [2.45, 2.75) is 145 Å². The van der Waals surface area contributed by atoms with Crippen molar-refractivity contribution in [3.05, 3.63) is 0 Å². The summed E-state index contributed by atoms with van der Waals surface area (Å²) in [5.41, 5.74) is 0. The van der Waals surface area contributed by atoms with Crippen LogP contribution in [0.5, 0.6) is 0 Å². The Hall–Kier alpha value is -2.55. The average Bonchev–Trinajstić information content (AvgIpc) is 3.06. The zero-order chi connectivity index (χ0) is 53.7. The van der Waals surface area contributed by atoms with Gasteiger partial charge in [0.25, 0.3) is 0 Å². The molecule has 0 aromatic carbocycles. The number of halogens is 39. The predicted octanol–water partition coefficient (Wildman–Crippen LogP) is 14.3. The number of hydrogen-bond donors (Lipinski definition) is 1. The summed E-state index contributed by atoms with van der Waals surface area (Å²) in [5.74, 6) is -127. The van der Waals surface area contributed by atoms with Crippen LogP contribution in [0.1, 0.15) is 19.3 Å². The van der Waals surface area contributed by atoms with Gasteiger partial charge in [-0.15, -0.1) is 0 Å². The molecule has 1 nitrogen and oxygen atoms in total. The highest BCUT2D eigenvalue weighted by atomic mass is 28.3. The molecule has 0 unspecified atom stereocenters. The first-order chi connectivity index (χ1) is 27.4. The van der Waals surface area contributed by atoms with Gasteiger partial charge in [-0.05, 0) is 18.1 Å². The first-order valence-corrected chi connectivity index (χ1v) is 17.7. The van der Waals surface area contributed by atoms with E-state index in [1.165, 1.54) is 0 Å². The van der Waals surface area contributed by atoms with Crippen LogP contribution in [0.4, 0.5) is 171 Å². The van der Waals surface area contributed by atoms with E-state index in [2.05, 4.69) is 0 Å². The van der Waals surface area contributed by atoms with Crippen molar-refractivity contribution >= 4 is 8.24 Å². The first-order valence-electron chi connectivity index (χ1n) is 15.0. The number of nitrogens with two attached hydrogens (primary N) is 1. The smallest absolute Gasteiger partial charge is 0.351 e. The summed E-state index contributed by atoms with van der Waals surface area (Å²) >= 11 is 0. The molecule has 0 saturated heterocycles. The molecule has 0 aromatic heterocycles. The van der Waals surface area contributed by atoms with E-state index in [9.17, 15) is 171 Å². The van der Waals surface area contributed by atoms with Gasteiger partial charge in [-0.25, -0.2) is 0 Å². The van der Waals surface area contributed by atoms with E-state index in [1.807, 2.05) is 0 Å². The van der Waals surface area contributed by atoms with Crippen LogP contribution in [0.25, 0.3) is 0 Å². The lowest BCUT2D eigenvalue weighted by molar-refractivity contribution is -0.440. The minimum Gasteiger partial charge on any atom is -0.351 e. The van der Waals surface area contributed by atoms with Crippen molar-refractivity contribution < 1.29 is 171 Å². The highest BCUT2D eigenvalue weighted by Crippen LogP contribution is 2.65. The molecular formula is C24H14F39NSi. The Morgan fingerprint density at radius 1 is 0.200 bits per heavy atom. The predicted molar refractivity (Wildman–Crippen MR) is 131 cm³/mol. The molecule has 0 aliphatic rings. The third kappa shape index (κ3) is 9.22. The molecular weight excluding hydrogens is 1070 g/mol. The summed E-state index contributed by atoms with van der Waals surface area (Å²) in [6.07, 6.45) is -36.7. The Morgan fingerprint density at radius 2 is 0.323 bits per heavy atom. The topological polar surface area (TPSA) is 26.0 Å². The van der Waals surface area contributed by atoms with Crippen LogP contribution in [0.2, 0.25) is 18.1 Å². The molecule has 0 amide bonds. The van der Waals surface area contributed by atoms with Crippen molar-refractivity contribution in [2.24, 2.45) is 5.40 Å². The van der Waals surface area contributed by atoms with Crippen LogP contribution in [0.3, 0.4) is 0 Å². The minimum atomic E-state index is -8.86. The van der Waals surface area contributed by atoms with Gasteiger partial charge in [0.2, 0.25) is 0 Å². The number of hydrogen-bond acceptors (Lipinski definition) is 1. The maximum Gasteiger partial charge on any atom is 0.460 e. The number of rotatable bonds is 21. The molecule has 65 heavy (non-hydrogen) atoms. The Labute approximate surface area is 330 Å². The quantitative estimate of drug-likeness (QED) is 0.0900. The standard InChI is InChI=1S/C24H14F39NSi/c25-7(26,10(31,32)13(37,38)16(43,44)19(49,50)22(55,56)57)1-4-65(64,5-2-8(27,28)11(33,34)14(39,40)17(45,46)20(51,52)23(58,59)60)6-3-9(29,30)12(35,36)15(41,42)18(47,48)21(53,54)24(61,62)63/h1-6,64H2. The van der Waals surface area contributed by atoms with Crippen LogP contribution in [-0.2, 0) is 0 Å². The van der Waals surface area contributed by atoms with Crippen molar-refractivity contribution in [2.75, 3.05) is 0 Å². The molecule has 392 valence electrons. The first kappa shape index (κ1) is 62.4. The van der Waals surface area contributed by atoms with Crippen LogP contribution >= 0.6 is 0 Å². The molecule has 0 aliphatic heterocycles. The second-order valence-electron chi connectivity index (χ2n) is 13.4. The Morgan fingerprint density at radius 3 is 0.446 bits per heavy atom. The molecule has 0 bridgehead atoms. The Balaban J connectivity index is 7.70. The van der Waals surface area contributed by atoms with E-state index in [0.717, 1.165) is 0 Å². The second-order valence-corrected chi connectivity index (χ2v) is 17.6. The normalized spacial score (nSPS) is 17.0. The highest BCUT2D eigenvalue weighted by molar-refractivity contribution is 6.76. The molecule has 0 spiro atoms. The Bertz CT molecular complexity index is 1450. The van der Waals surface area contributed by atoms with Gasteiger partial charge >= 0.3 is 107 Å². The van der Waals surface area contributed by atoms with Gasteiger partial charge in [0, 0.05) is 19.3 Å². The SMILES string of the molecule is N[Si](CCC(F)(F)C(F)(F)C(F)(F)C(F)(F)C(F)(F)C(F)(F)F)(CCC(F)(F)C(F)(F)C(F)(F)C(F)(F)C(F)(F)C(F)(F)F)CCC(F)(F)C(F)(F)C(F)(F)C(F)(F)C(F)(F)C(F)(F)F. The molecule has 0 saturated carbocycles. The molecule has 0 heterocycles. The fraction of sp³-hybridized carbons (Fsp3) is 1.00. The summed E-state index contributed by atoms with van der Waals surface area (Å²) in [7, 11) is -7.05. The van der Waals surface area contributed by atoms with Gasteiger partial charge in [-0.2, -0.15) is 171 Å². The highest BCUT2D eigenvalue weighted by Gasteiger charge is 2.93. The van der Waals surface area contributed by atoms with Gasteiger partial charge in [-0.3, -0.25) is 0 Å². The van der Waals surface area contributed by atoms with Crippen LogP contribution in [0, 0.1) is 0 Å². The molecule has 0 aromatic rings. The summed E-state index contributed by atoms with van der Waals surface area (Å²) in [5, 5.41) is 4.80. The van der Waals surface area contributed by atoms with Gasteiger partial charge < -0.3 is 5.40 Å². The molecule has 41 heteroatoms. The molecule has 0 radical (unpaired) electrons. The van der Waals surface area contributed by atoms with E-state index in [-0.39, 0.29) is 0 Å². The summed E-state index contributed by atoms with van der Waals surface area (Å²) in [4.78, 5) is 0. The number of alkyl halides is 39. The summed E-state index contributed by atoms with van der Waals surface area (Å²) in [6.45, 7) is 0. The monoisotopic (exact) mass is 1090 g/mol. The van der Waals surface area contributed by atoms with Crippen molar-refractivity contribution in [3.63, 3.8) is 0 Å². The molecule has 0 fully saturated rings. The molecule has 0 rings (SSSR count). The molecule has 0 aliphatic carbocycles. The van der Waals surface area contributed by atoms with E-state index < -0.39 is 153 Å². The lowest BCUT2D eigenvalue weighted by atomic mass is 9.93. The van der Waals surface area contributed by atoms with Crippen molar-refractivity contribution in [1.82, 2.24) is 0 Å². The Kier molecular flexibility index (Phi) is 15.6. The van der Waals surface area contributed by atoms with E-state index in [0.29, 0.717) is 0 Å². The third-order valence-electron chi connectivity index (χ3n) is 8.81. The minimum absolute atomic E-state index is 3.41. The third-order valence-corrected chi connectivity index (χ3v) is 12.5. The zero-order valence-corrected chi connectivity index (χ0v) is 30.1. The molecule has 0 atom stereocenters. The zero-order valence-electron chi connectivity index (χ0n) is 29.1. The van der Waals surface area contributed by atoms with Crippen molar-refractivity contribution in [1.29, 1.82) is 0 Å². The van der Waals surface area contributed by atoms with E-state index >= 15 is 0 Å².